The van der Waals surface area contributed by atoms with Gasteiger partial charge in [0.25, 0.3) is 0 Å². The highest BCUT2D eigenvalue weighted by atomic mass is 35.5. The fourth-order valence-corrected chi connectivity index (χ4v) is 6.49. The molecule has 0 radical (unpaired) electrons. The van der Waals surface area contributed by atoms with Crippen LogP contribution in [0.5, 0.6) is 5.75 Å². The number of nitrogens with zero attached hydrogens (tertiary/aromatic N) is 8. The Morgan fingerprint density at radius 2 is 1.69 bits per heavy atom. The zero-order valence-corrected chi connectivity index (χ0v) is 28.6. The monoisotopic (exact) mass is 708 g/mol. The van der Waals surface area contributed by atoms with Gasteiger partial charge in [0.1, 0.15) is 44.0 Å². The summed E-state index contributed by atoms with van der Waals surface area (Å²) in [5, 5.41) is 9.28. The second-order valence-electron chi connectivity index (χ2n) is 12.0. The van der Waals surface area contributed by atoms with E-state index in [9.17, 15) is 4.79 Å². The van der Waals surface area contributed by atoms with Gasteiger partial charge in [-0.3, -0.25) is 0 Å². The van der Waals surface area contributed by atoms with Gasteiger partial charge in [-0.1, -0.05) is 36.2 Å². The molecular formula is C35H38Cl2N8O4. The molecule has 4 heterocycles. The number of ether oxygens (including phenoxy) is 3. The van der Waals surface area contributed by atoms with Crippen molar-refractivity contribution in [2.24, 2.45) is 0 Å². The number of hydrogen-bond donors (Lipinski definition) is 0. The number of aromatic nitrogens is 6. The topological polar surface area (TPSA) is 105 Å². The molecule has 0 N–H and O–H groups in total. The molecule has 5 aromatic rings. The summed E-state index contributed by atoms with van der Waals surface area (Å²) in [6.07, 6.45) is 4.56. The predicted molar refractivity (Wildman–Crippen MR) is 188 cm³/mol. The Hall–Kier alpha value is -4.36. The van der Waals surface area contributed by atoms with Gasteiger partial charge in [-0.05, 0) is 73.9 Å². The third-order valence-corrected chi connectivity index (χ3v) is 9.36. The minimum atomic E-state index is -1.21. The Morgan fingerprint density at radius 1 is 0.980 bits per heavy atom. The van der Waals surface area contributed by atoms with Crippen molar-refractivity contribution in [2.45, 2.75) is 44.7 Å². The van der Waals surface area contributed by atoms with Gasteiger partial charge in [0.15, 0.2) is 0 Å². The second kappa shape index (κ2) is 14.2. The molecule has 256 valence electrons. The lowest BCUT2D eigenvalue weighted by Gasteiger charge is -2.37. The Morgan fingerprint density at radius 3 is 2.37 bits per heavy atom. The summed E-state index contributed by atoms with van der Waals surface area (Å²) in [5.74, 6) is -0.549. The summed E-state index contributed by atoms with van der Waals surface area (Å²) in [5.41, 5.74) is 1.22. The van der Waals surface area contributed by atoms with Crippen molar-refractivity contribution in [2.75, 3.05) is 49.2 Å². The van der Waals surface area contributed by atoms with Crippen molar-refractivity contribution in [1.29, 1.82) is 0 Å². The molecule has 3 atom stereocenters. The number of piperazine rings is 1. The smallest absolute Gasteiger partial charge is 0.350 e. The molecule has 0 amide bonds. The van der Waals surface area contributed by atoms with Crippen molar-refractivity contribution in [3.63, 3.8) is 0 Å². The van der Waals surface area contributed by atoms with E-state index in [1.807, 2.05) is 43.0 Å². The quantitative estimate of drug-likeness (QED) is 0.174. The average molecular weight is 710 g/mol. The van der Waals surface area contributed by atoms with Crippen molar-refractivity contribution in [1.82, 2.24) is 29.1 Å². The van der Waals surface area contributed by atoms with Crippen molar-refractivity contribution in [3.05, 3.63) is 112 Å². The molecule has 2 fully saturated rings. The van der Waals surface area contributed by atoms with E-state index in [0.717, 1.165) is 10.3 Å². The summed E-state index contributed by atoms with van der Waals surface area (Å²) < 4.78 is 57.8. The summed E-state index contributed by atoms with van der Waals surface area (Å²) in [4.78, 5) is 21.1. The zero-order valence-electron chi connectivity index (χ0n) is 31.1. The lowest BCUT2D eigenvalue weighted by Crippen LogP contribution is -2.46. The maximum absolute atomic E-state index is 13.0. The molecule has 0 spiro atoms. The van der Waals surface area contributed by atoms with Crippen molar-refractivity contribution >= 4 is 34.6 Å². The van der Waals surface area contributed by atoms with Gasteiger partial charge < -0.3 is 24.0 Å². The van der Waals surface area contributed by atoms with Crippen molar-refractivity contribution in [3.8, 4) is 11.4 Å². The van der Waals surface area contributed by atoms with Crippen LogP contribution in [-0.2, 0) is 21.8 Å². The molecule has 7 rings (SSSR count). The summed E-state index contributed by atoms with van der Waals surface area (Å²) >= 11 is 12.7. The first-order valence-corrected chi connectivity index (χ1v) is 16.8. The average Bonchev–Trinajstić information content (AvgIpc) is 3.92. The fourth-order valence-electron chi connectivity index (χ4n) is 5.94. The van der Waals surface area contributed by atoms with Crippen LogP contribution < -0.4 is 20.2 Å². The largest absolute Gasteiger partial charge is 0.491 e. The van der Waals surface area contributed by atoms with Crippen LogP contribution in [0.15, 0.2) is 90.4 Å². The minimum Gasteiger partial charge on any atom is -0.491 e. The van der Waals surface area contributed by atoms with Gasteiger partial charge in [0, 0.05) is 48.1 Å². The van der Waals surface area contributed by atoms with Crippen LogP contribution in [0.2, 0.25) is 10.0 Å². The molecular weight excluding hydrogens is 667 g/mol. The number of hydrogen-bond acceptors (Lipinski definition) is 9. The summed E-state index contributed by atoms with van der Waals surface area (Å²) in [6.45, 7) is 6.66. The third kappa shape index (κ3) is 7.04. The molecule has 14 heteroatoms. The first-order chi connectivity index (χ1) is 25.5. The second-order valence-corrected chi connectivity index (χ2v) is 12.8. The van der Waals surface area contributed by atoms with Crippen LogP contribution in [0.25, 0.3) is 5.69 Å². The molecule has 2 saturated heterocycles. The van der Waals surface area contributed by atoms with Crippen LogP contribution in [0.1, 0.15) is 37.4 Å². The molecule has 49 heavy (non-hydrogen) atoms. The lowest BCUT2D eigenvalue weighted by molar-refractivity contribution is -0.190. The van der Waals surface area contributed by atoms with Gasteiger partial charge in [0.05, 0.1) is 28.8 Å². The fraction of sp³-hybridized carbons (Fsp3) is 0.371. The number of benzene rings is 3. The lowest BCUT2D eigenvalue weighted by atomic mass is 10.1. The number of anilines is 2. The van der Waals surface area contributed by atoms with E-state index in [0.29, 0.717) is 54.0 Å². The van der Waals surface area contributed by atoms with Crippen LogP contribution in [0.4, 0.5) is 11.4 Å². The van der Waals surface area contributed by atoms with Crippen LogP contribution in [0.3, 0.4) is 0 Å². The predicted octanol–water partition coefficient (Wildman–Crippen LogP) is 5.58. The van der Waals surface area contributed by atoms with Crippen LogP contribution in [0, 0.1) is 0 Å². The third-order valence-electron chi connectivity index (χ3n) is 8.81. The van der Waals surface area contributed by atoms with Gasteiger partial charge in [0.2, 0.25) is 5.79 Å². The molecule has 2 unspecified atom stereocenters. The number of halogens is 2. The normalized spacial score (nSPS) is 21.3. The van der Waals surface area contributed by atoms with E-state index in [1.54, 1.807) is 29.2 Å². The van der Waals surface area contributed by atoms with Crippen LogP contribution in [-0.4, -0.2) is 74.6 Å². The van der Waals surface area contributed by atoms with E-state index in [2.05, 4.69) is 20.1 Å². The molecule has 12 nitrogen and oxygen atoms in total. The molecule has 2 aromatic heterocycles. The Kier molecular flexibility index (Phi) is 8.28. The highest BCUT2D eigenvalue weighted by Gasteiger charge is 2.45. The number of rotatable bonds is 11. The first-order valence-electron chi connectivity index (χ1n) is 18.1. The molecule has 0 saturated carbocycles. The Labute approximate surface area is 300 Å². The van der Waals surface area contributed by atoms with Gasteiger partial charge in [-0.2, -0.15) is 10.2 Å². The van der Waals surface area contributed by atoms with Gasteiger partial charge in [-0.15, -0.1) is 0 Å². The zero-order chi connectivity index (χ0) is 37.4. The van der Waals surface area contributed by atoms with Gasteiger partial charge >= 0.3 is 5.69 Å². The standard InChI is InChI=1S/C35H38Cl2N8O4/c1-3-25(2)45-34(46)44(24-40-45)29-7-5-27(6-8-29)41-14-16-42(17-15-41)28-9-11-30(12-10-28)47-19-31-20-48-35(49-31,21-43-23-38-22-39-43)32-13-4-26(36)18-33(32)37/h4-13,18,22-25,31H,3,14-17,19-21H2,1-2H3/t25?,31?,35-/m1/s1/i5D,6D,7D,8D. The SMILES string of the molecule is [2H]c1c([2H])c(-n2cnn(C(C)CC)c2=O)c([2H])c([2H])c1N1CCN(c2ccc(OCC3CO[C@@](Cn4cncn4)(c4ccc(Cl)cc4Cl)O3)cc2)CC1. The van der Waals surface area contributed by atoms with E-state index in [-0.39, 0.29) is 61.3 Å². The summed E-state index contributed by atoms with van der Waals surface area (Å²) in [6, 6.07) is 11.8. The van der Waals surface area contributed by atoms with E-state index in [4.69, 9.17) is 42.9 Å². The molecule has 3 aromatic carbocycles. The molecule has 0 bridgehead atoms. The van der Waals surface area contributed by atoms with E-state index in [1.165, 1.54) is 17.3 Å². The summed E-state index contributed by atoms with van der Waals surface area (Å²) in [7, 11) is 0. The maximum atomic E-state index is 13.0. The molecule has 2 aliphatic rings. The Balaban J connectivity index is 0.982. The maximum Gasteiger partial charge on any atom is 0.350 e. The van der Waals surface area contributed by atoms with Crippen LogP contribution >= 0.6 is 23.2 Å². The van der Waals surface area contributed by atoms with E-state index >= 15 is 0 Å². The first kappa shape index (κ1) is 28.5. The highest BCUT2D eigenvalue weighted by Crippen LogP contribution is 2.40. The molecule has 2 aliphatic heterocycles. The minimum absolute atomic E-state index is 0.103. The van der Waals surface area contributed by atoms with Crippen molar-refractivity contribution < 1.29 is 19.7 Å². The highest BCUT2D eigenvalue weighted by molar-refractivity contribution is 6.35. The van der Waals surface area contributed by atoms with E-state index < -0.39 is 17.6 Å². The van der Waals surface area contributed by atoms with Gasteiger partial charge in [-0.25, -0.2) is 23.7 Å². The molecule has 0 aliphatic carbocycles. The Bertz CT molecular complexity index is 2120.